The van der Waals surface area contributed by atoms with Crippen molar-refractivity contribution in [3.05, 3.63) is 102 Å². The van der Waals surface area contributed by atoms with E-state index >= 15 is 0 Å². The van der Waals surface area contributed by atoms with E-state index in [0.717, 1.165) is 22.8 Å². The summed E-state index contributed by atoms with van der Waals surface area (Å²) >= 11 is 5.85. The van der Waals surface area contributed by atoms with Crippen molar-refractivity contribution in [1.29, 1.82) is 0 Å². The number of hydrogen-bond acceptors (Lipinski definition) is 4. The third-order valence-corrected chi connectivity index (χ3v) is 6.25. The Hall–Kier alpha value is -3.91. The van der Waals surface area contributed by atoms with Crippen molar-refractivity contribution in [1.82, 2.24) is 14.9 Å². The summed E-state index contributed by atoms with van der Waals surface area (Å²) in [5.74, 6) is 1.07. The Bertz CT molecular complexity index is 1310. The number of nitrogens with one attached hydrogen (secondary N) is 1. The fourth-order valence-corrected chi connectivity index (χ4v) is 4.71. The summed E-state index contributed by atoms with van der Waals surface area (Å²) in [5.41, 5.74) is 3.43. The molecule has 1 saturated heterocycles. The van der Waals surface area contributed by atoms with Gasteiger partial charge in [-0.2, -0.15) is 0 Å². The van der Waals surface area contributed by atoms with Gasteiger partial charge in [-0.3, -0.25) is 4.98 Å². The number of halogens is 1. The molecule has 172 valence electrons. The Morgan fingerprint density at radius 3 is 2.50 bits per heavy atom. The third-order valence-electron chi connectivity index (χ3n) is 5.93. The molecule has 2 aromatic carbocycles. The summed E-state index contributed by atoms with van der Waals surface area (Å²) in [6.45, 7) is 0. The maximum Gasteiger partial charge on any atom is 0.174 e. The van der Waals surface area contributed by atoms with E-state index in [1.165, 1.54) is 12.1 Å². The van der Waals surface area contributed by atoms with E-state index in [-0.39, 0.29) is 17.9 Å². The SMILES string of the molecule is COc1ccc(OC)c(N2C(=S)N[C@H](c3ccccn3)[C@@H]2c2cccn2-c2ccc(F)cc2)c1. The molecule has 3 heterocycles. The van der Waals surface area contributed by atoms with Crippen LogP contribution in [0.15, 0.2) is 85.2 Å². The van der Waals surface area contributed by atoms with E-state index in [0.29, 0.717) is 16.6 Å². The van der Waals surface area contributed by atoms with Gasteiger partial charge in [0.25, 0.3) is 0 Å². The predicted molar refractivity (Wildman–Crippen MR) is 133 cm³/mol. The monoisotopic (exact) mass is 474 g/mol. The molecular weight excluding hydrogens is 451 g/mol. The number of thiocarbonyl (C=S) groups is 1. The smallest absolute Gasteiger partial charge is 0.174 e. The summed E-state index contributed by atoms with van der Waals surface area (Å²) in [6.07, 6.45) is 3.73. The van der Waals surface area contributed by atoms with Crippen molar-refractivity contribution in [3.8, 4) is 17.2 Å². The lowest BCUT2D eigenvalue weighted by Gasteiger charge is -2.30. The number of rotatable bonds is 6. The highest BCUT2D eigenvalue weighted by molar-refractivity contribution is 7.80. The highest BCUT2D eigenvalue weighted by atomic mass is 32.1. The van der Waals surface area contributed by atoms with E-state index in [1.54, 1.807) is 32.5 Å². The van der Waals surface area contributed by atoms with Gasteiger partial charge in [-0.15, -0.1) is 0 Å². The minimum Gasteiger partial charge on any atom is -0.497 e. The molecular formula is C26H23FN4O2S. The first kappa shape index (κ1) is 21.9. The van der Waals surface area contributed by atoms with E-state index in [2.05, 4.69) is 10.3 Å². The van der Waals surface area contributed by atoms with Gasteiger partial charge in [0.05, 0.1) is 31.6 Å². The van der Waals surface area contributed by atoms with Crippen LogP contribution in [-0.4, -0.2) is 28.9 Å². The Kier molecular flexibility index (Phi) is 5.90. The minimum absolute atomic E-state index is 0.237. The lowest BCUT2D eigenvalue weighted by Crippen LogP contribution is -2.30. The summed E-state index contributed by atoms with van der Waals surface area (Å²) in [5, 5.41) is 4.00. The van der Waals surface area contributed by atoms with Crippen LogP contribution in [0, 0.1) is 5.82 Å². The third kappa shape index (κ3) is 3.86. The fourth-order valence-electron chi connectivity index (χ4n) is 4.37. The molecule has 0 saturated carbocycles. The second-order valence-electron chi connectivity index (χ2n) is 7.81. The van der Waals surface area contributed by atoms with Crippen LogP contribution in [0.25, 0.3) is 5.69 Å². The first-order valence-electron chi connectivity index (χ1n) is 10.8. The molecule has 4 aromatic rings. The summed E-state index contributed by atoms with van der Waals surface area (Å²) < 4.78 is 26.8. The average Bonchev–Trinajstić information content (AvgIpc) is 3.49. The van der Waals surface area contributed by atoms with Crippen molar-refractivity contribution in [2.24, 2.45) is 0 Å². The molecule has 1 N–H and O–H groups in total. The number of hydrogen-bond donors (Lipinski definition) is 1. The first-order valence-corrected chi connectivity index (χ1v) is 11.2. The Morgan fingerprint density at radius 1 is 0.971 bits per heavy atom. The summed E-state index contributed by atoms with van der Waals surface area (Å²) in [6, 6.07) is 21.4. The second kappa shape index (κ2) is 9.15. The number of nitrogens with zero attached hydrogens (tertiary/aromatic N) is 3. The van der Waals surface area contributed by atoms with Gasteiger partial charge < -0.3 is 24.3 Å². The zero-order chi connectivity index (χ0) is 23.7. The summed E-state index contributed by atoms with van der Waals surface area (Å²) in [7, 11) is 3.25. The zero-order valence-corrected chi connectivity index (χ0v) is 19.5. The van der Waals surface area contributed by atoms with Gasteiger partial charge in [0, 0.05) is 29.8 Å². The molecule has 0 radical (unpaired) electrons. The molecule has 0 amide bonds. The van der Waals surface area contributed by atoms with E-state index in [1.807, 2.05) is 64.2 Å². The van der Waals surface area contributed by atoms with Gasteiger partial charge in [0.15, 0.2) is 5.11 Å². The van der Waals surface area contributed by atoms with Gasteiger partial charge in [-0.05, 0) is 72.9 Å². The molecule has 1 aliphatic rings. The van der Waals surface area contributed by atoms with Crippen molar-refractivity contribution in [2.75, 3.05) is 19.1 Å². The van der Waals surface area contributed by atoms with Crippen molar-refractivity contribution >= 4 is 23.0 Å². The van der Waals surface area contributed by atoms with Crippen molar-refractivity contribution in [2.45, 2.75) is 12.1 Å². The standard InChI is InChI=1S/C26H23FN4O2S/c1-32-19-12-13-23(33-2)22(16-19)31-25(24(29-26(31)34)20-6-3-4-14-28-20)21-7-5-15-30(21)18-10-8-17(27)9-11-18/h3-16,24-25H,1-2H3,(H,29,34)/t24-,25+/m1/s1. The molecule has 1 aliphatic heterocycles. The Labute approximate surface area is 202 Å². The van der Waals surface area contributed by atoms with Crippen LogP contribution >= 0.6 is 12.2 Å². The molecule has 0 aliphatic carbocycles. The molecule has 2 aromatic heterocycles. The highest BCUT2D eigenvalue weighted by Crippen LogP contribution is 2.46. The highest BCUT2D eigenvalue weighted by Gasteiger charge is 2.43. The number of pyridine rings is 1. The summed E-state index contributed by atoms with van der Waals surface area (Å²) in [4.78, 5) is 6.64. The number of methoxy groups -OCH3 is 2. The number of ether oxygens (including phenoxy) is 2. The Morgan fingerprint density at radius 2 is 1.79 bits per heavy atom. The minimum atomic E-state index is -0.282. The van der Waals surface area contributed by atoms with Crippen LogP contribution in [0.2, 0.25) is 0 Å². The first-order chi connectivity index (χ1) is 16.6. The second-order valence-corrected chi connectivity index (χ2v) is 8.20. The maximum atomic E-state index is 13.6. The molecule has 0 unspecified atom stereocenters. The normalized spacial score (nSPS) is 17.5. The number of aromatic nitrogens is 2. The topological polar surface area (TPSA) is 51.6 Å². The van der Waals surface area contributed by atoms with E-state index < -0.39 is 0 Å². The molecule has 34 heavy (non-hydrogen) atoms. The average molecular weight is 475 g/mol. The zero-order valence-electron chi connectivity index (χ0n) is 18.7. The van der Waals surface area contributed by atoms with Gasteiger partial charge >= 0.3 is 0 Å². The van der Waals surface area contributed by atoms with E-state index in [9.17, 15) is 4.39 Å². The lowest BCUT2D eigenvalue weighted by atomic mass is 10.0. The number of anilines is 1. The van der Waals surface area contributed by atoms with Crippen LogP contribution in [-0.2, 0) is 0 Å². The van der Waals surface area contributed by atoms with Crippen LogP contribution in [0.1, 0.15) is 23.5 Å². The van der Waals surface area contributed by atoms with E-state index in [4.69, 9.17) is 21.7 Å². The fraction of sp³-hybridized carbons (Fsp3) is 0.154. The van der Waals surface area contributed by atoms with Gasteiger partial charge in [0.1, 0.15) is 23.4 Å². The van der Waals surface area contributed by atoms with Crippen LogP contribution in [0.4, 0.5) is 10.1 Å². The molecule has 6 nitrogen and oxygen atoms in total. The largest absolute Gasteiger partial charge is 0.497 e. The van der Waals surface area contributed by atoms with Gasteiger partial charge in [-0.1, -0.05) is 6.07 Å². The molecule has 2 atom stereocenters. The van der Waals surface area contributed by atoms with Crippen LogP contribution < -0.4 is 19.7 Å². The molecule has 8 heteroatoms. The van der Waals surface area contributed by atoms with Gasteiger partial charge in [0.2, 0.25) is 0 Å². The molecule has 0 spiro atoms. The van der Waals surface area contributed by atoms with Crippen molar-refractivity contribution in [3.63, 3.8) is 0 Å². The van der Waals surface area contributed by atoms with Crippen molar-refractivity contribution < 1.29 is 13.9 Å². The maximum absolute atomic E-state index is 13.6. The number of benzene rings is 2. The van der Waals surface area contributed by atoms with Crippen LogP contribution in [0.5, 0.6) is 11.5 Å². The Balaban J connectivity index is 1.70. The quantitative estimate of drug-likeness (QED) is 0.388. The molecule has 5 rings (SSSR count). The molecule has 1 fully saturated rings. The van der Waals surface area contributed by atoms with Crippen LogP contribution in [0.3, 0.4) is 0 Å². The molecule has 0 bridgehead atoms. The van der Waals surface area contributed by atoms with Gasteiger partial charge in [-0.25, -0.2) is 4.39 Å². The lowest BCUT2D eigenvalue weighted by molar-refractivity contribution is 0.402. The predicted octanol–water partition coefficient (Wildman–Crippen LogP) is 5.21.